The number of nitrogens with zero attached hydrogens (tertiary/aromatic N) is 1. The van der Waals surface area contributed by atoms with Crippen LogP contribution in [-0.2, 0) is 34.4 Å². The van der Waals surface area contributed by atoms with Gasteiger partial charge in [-0.15, -0.1) is 0 Å². The van der Waals surface area contributed by atoms with Crippen LogP contribution in [0.3, 0.4) is 0 Å². The molecule has 6 rings (SSSR count). The summed E-state index contributed by atoms with van der Waals surface area (Å²) in [6.45, 7) is 6.40. The number of amides is 1. The molecule has 3 aromatic rings. The van der Waals surface area contributed by atoms with E-state index >= 15 is 0 Å². The lowest BCUT2D eigenvalue weighted by Crippen LogP contribution is -2.49. The fraction of sp³-hybridized carbons (Fsp3) is 0.513. The standard InChI is InChI=1S/C39H49ClN2O4S/c1-4-5-13-36(45-3)33-17-14-31(33)24-42-25-39(20-9-12-29-22-32(40)16-18-34(29)39)26-46-37-19-15-30(23-35(37)42)38(43)41-47(44)27(2)21-28-10-7-6-8-11-28/h6-8,10-11,15-16,18-19,22-23,27,31,33,36H,4-5,9,12-14,17,20-21,24-26H2,1-3H3,(H,41,43)/t27?,31?,33?,36?,39-,47?/m0/s1. The zero-order chi connectivity index (χ0) is 33.0. The first-order valence-corrected chi connectivity index (χ1v) is 19.0. The number of ether oxygens (including phenoxy) is 2. The average molecular weight is 677 g/mol. The summed E-state index contributed by atoms with van der Waals surface area (Å²) in [4.78, 5) is 16.0. The topological polar surface area (TPSA) is 73.9 Å². The number of nitrogens with one attached hydrogen (secondary N) is 1. The molecule has 1 aliphatic heterocycles. The van der Waals surface area contributed by atoms with Crippen LogP contribution in [0.25, 0.3) is 0 Å². The highest BCUT2D eigenvalue weighted by Crippen LogP contribution is 2.47. The molecule has 5 unspecified atom stereocenters. The number of unbranched alkanes of at least 4 members (excludes halogenated alkanes) is 1. The van der Waals surface area contributed by atoms with Crippen molar-refractivity contribution < 1.29 is 18.8 Å². The predicted octanol–water partition coefficient (Wildman–Crippen LogP) is 8.07. The van der Waals surface area contributed by atoms with E-state index in [2.05, 4.69) is 28.7 Å². The first-order chi connectivity index (χ1) is 22.8. The first-order valence-electron chi connectivity index (χ1n) is 17.4. The maximum absolute atomic E-state index is 13.6. The van der Waals surface area contributed by atoms with E-state index in [1.807, 2.05) is 62.6 Å². The number of carbonyl (C=O) groups excluding carboxylic acids is 1. The molecule has 47 heavy (non-hydrogen) atoms. The second-order valence-electron chi connectivity index (χ2n) is 13.9. The number of halogens is 1. The zero-order valence-electron chi connectivity index (χ0n) is 28.0. The Balaban J connectivity index is 1.27. The zero-order valence-corrected chi connectivity index (χ0v) is 29.6. The molecule has 1 saturated carbocycles. The van der Waals surface area contributed by atoms with Gasteiger partial charge in [-0.1, -0.05) is 67.8 Å². The van der Waals surface area contributed by atoms with Crippen LogP contribution in [0.4, 0.5) is 5.69 Å². The van der Waals surface area contributed by atoms with E-state index in [9.17, 15) is 9.35 Å². The van der Waals surface area contributed by atoms with Crippen LogP contribution in [0.15, 0.2) is 66.7 Å². The third kappa shape index (κ3) is 7.64. The number of rotatable bonds is 12. The molecule has 3 aromatic carbocycles. The van der Waals surface area contributed by atoms with Gasteiger partial charge in [0.05, 0.1) is 29.8 Å². The summed E-state index contributed by atoms with van der Waals surface area (Å²) in [5.74, 6) is 1.48. The molecule has 3 aliphatic rings. The summed E-state index contributed by atoms with van der Waals surface area (Å²) >= 11 is 4.93. The number of hydrogen-bond donors (Lipinski definition) is 1. The fourth-order valence-corrected chi connectivity index (χ4v) is 9.07. The van der Waals surface area contributed by atoms with Crippen LogP contribution in [0.1, 0.15) is 85.8 Å². The van der Waals surface area contributed by atoms with Gasteiger partial charge >= 0.3 is 0 Å². The predicted molar refractivity (Wildman–Crippen MR) is 192 cm³/mol. The molecule has 0 aromatic heterocycles. The van der Waals surface area contributed by atoms with Gasteiger partial charge in [-0.3, -0.25) is 4.79 Å². The average Bonchev–Trinajstić information content (AvgIpc) is 3.21. The Hall–Kier alpha value is -2.71. The number of aryl methyl sites for hydroxylation is 1. The van der Waals surface area contributed by atoms with Crippen molar-refractivity contribution in [3.05, 3.63) is 94.0 Å². The van der Waals surface area contributed by atoms with Gasteiger partial charge in [-0.05, 0) is 104 Å². The van der Waals surface area contributed by atoms with Crippen LogP contribution in [0, 0.1) is 11.8 Å². The molecule has 1 heterocycles. The lowest BCUT2D eigenvalue weighted by Gasteiger charge is -2.46. The van der Waals surface area contributed by atoms with E-state index in [0.29, 0.717) is 30.4 Å². The highest BCUT2D eigenvalue weighted by atomic mass is 35.5. The second kappa shape index (κ2) is 15.2. The van der Waals surface area contributed by atoms with Crippen molar-refractivity contribution in [1.29, 1.82) is 0 Å². The Bertz CT molecular complexity index is 1520. The maximum atomic E-state index is 13.6. The van der Waals surface area contributed by atoms with Gasteiger partial charge in [-0.25, -0.2) is 0 Å². The Labute approximate surface area is 288 Å². The molecule has 8 heteroatoms. The third-order valence-electron chi connectivity index (χ3n) is 10.8. The van der Waals surface area contributed by atoms with Crippen molar-refractivity contribution in [2.75, 3.05) is 31.7 Å². The van der Waals surface area contributed by atoms with Crippen molar-refractivity contribution in [2.24, 2.45) is 11.8 Å². The molecule has 0 bridgehead atoms. The number of carbonyl (C=O) groups is 1. The summed E-state index contributed by atoms with van der Waals surface area (Å²) in [5.41, 5.74) is 4.98. The van der Waals surface area contributed by atoms with Crippen molar-refractivity contribution in [3.8, 4) is 5.75 Å². The molecule has 2 aliphatic carbocycles. The molecular formula is C39H49ClN2O4S. The first kappa shape index (κ1) is 34.2. The molecule has 252 valence electrons. The fourth-order valence-electron chi connectivity index (χ4n) is 8.03. The number of anilines is 1. The highest BCUT2D eigenvalue weighted by molar-refractivity contribution is 7.90. The van der Waals surface area contributed by atoms with Crippen LogP contribution in [0.5, 0.6) is 5.75 Å². The van der Waals surface area contributed by atoms with Gasteiger partial charge in [0.1, 0.15) is 11.0 Å². The largest absolute Gasteiger partial charge is 0.593 e. The van der Waals surface area contributed by atoms with Crippen LogP contribution in [0.2, 0.25) is 5.02 Å². The van der Waals surface area contributed by atoms with Crippen LogP contribution >= 0.6 is 11.6 Å². The minimum atomic E-state index is -1.53. The lowest BCUT2D eigenvalue weighted by atomic mass is 9.68. The molecule has 1 N–H and O–H groups in total. The molecule has 1 fully saturated rings. The van der Waals surface area contributed by atoms with Gasteiger partial charge < -0.3 is 18.9 Å². The van der Waals surface area contributed by atoms with E-state index < -0.39 is 11.4 Å². The van der Waals surface area contributed by atoms with E-state index in [0.717, 1.165) is 60.8 Å². The number of hydrogen-bond acceptors (Lipinski definition) is 5. The van der Waals surface area contributed by atoms with E-state index in [4.69, 9.17) is 21.1 Å². The van der Waals surface area contributed by atoms with Crippen molar-refractivity contribution in [2.45, 2.75) is 88.4 Å². The minimum Gasteiger partial charge on any atom is -0.593 e. The van der Waals surface area contributed by atoms with Crippen molar-refractivity contribution >= 4 is 34.6 Å². The van der Waals surface area contributed by atoms with Crippen LogP contribution < -0.4 is 14.4 Å². The summed E-state index contributed by atoms with van der Waals surface area (Å²) in [6.07, 6.45) is 9.81. The van der Waals surface area contributed by atoms with Gasteiger partial charge in [0.2, 0.25) is 0 Å². The van der Waals surface area contributed by atoms with E-state index in [1.54, 1.807) is 6.07 Å². The Kier molecular flexibility index (Phi) is 11.1. The van der Waals surface area contributed by atoms with E-state index in [1.165, 1.54) is 36.8 Å². The lowest BCUT2D eigenvalue weighted by molar-refractivity contribution is -0.0218. The summed E-state index contributed by atoms with van der Waals surface area (Å²) in [6, 6.07) is 22.0. The van der Waals surface area contributed by atoms with Gasteiger partial charge in [0, 0.05) is 42.6 Å². The molecule has 0 radical (unpaired) electrons. The summed E-state index contributed by atoms with van der Waals surface area (Å²) in [7, 11) is 1.86. The molecule has 0 saturated heterocycles. The molecule has 1 amide bonds. The quantitative estimate of drug-likeness (QED) is 0.197. The molecule has 6 atom stereocenters. The normalized spacial score (nSPS) is 23.8. The van der Waals surface area contributed by atoms with Crippen molar-refractivity contribution in [3.63, 3.8) is 0 Å². The maximum Gasteiger partial charge on any atom is 0.292 e. The van der Waals surface area contributed by atoms with Gasteiger partial charge in [0.15, 0.2) is 0 Å². The summed E-state index contributed by atoms with van der Waals surface area (Å²) in [5, 5.41) is 0.551. The number of benzene rings is 3. The molecule has 6 nitrogen and oxygen atoms in total. The summed E-state index contributed by atoms with van der Waals surface area (Å²) < 4.78 is 28.7. The Morgan fingerprint density at radius 3 is 2.74 bits per heavy atom. The van der Waals surface area contributed by atoms with Crippen molar-refractivity contribution in [1.82, 2.24) is 4.72 Å². The molecular weight excluding hydrogens is 628 g/mol. The number of methoxy groups -OCH3 is 1. The van der Waals surface area contributed by atoms with E-state index in [-0.39, 0.29) is 22.7 Å². The SMILES string of the molecule is CCCCC(OC)C1CCC1CN1C[C@@]2(CCCc3cc(Cl)ccc32)COc2ccc(C(=O)N[S+]([O-])C(C)Cc3ccccc3)cc21. The minimum absolute atomic E-state index is 0.184. The Morgan fingerprint density at radius 1 is 1.17 bits per heavy atom. The highest BCUT2D eigenvalue weighted by Gasteiger charge is 2.44. The van der Waals surface area contributed by atoms with Crippen LogP contribution in [-0.4, -0.2) is 48.6 Å². The van der Waals surface area contributed by atoms with Gasteiger partial charge in [-0.2, -0.15) is 4.72 Å². The Morgan fingerprint density at radius 2 is 2.00 bits per heavy atom. The van der Waals surface area contributed by atoms with Gasteiger partial charge in [0.25, 0.3) is 5.91 Å². The smallest absolute Gasteiger partial charge is 0.292 e. The third-order valence-corrected chi connectivity index (χ3v) is 12.3. The molecule has 1 spiro atoms. The number of fused-ring (bicyclic) bond motifs is 3. The second-order valence-corrected chi connectivity index (χ2v) is 16.0. The monoisotopic (exact) mass is 676 g/mol.